The number of nitrogens with zero attached hydrogens (tertiary/aromatic N) is 2. The highest BCUT2D eigenvalue weighted by atomic mass is 16.6. The van der Waals surface area contributed by atoms with E-state index < -0.39 is 5.97 Å². The van der Waals surface area contributed by atoms with Gasteiger partial charge in [-0.05, 0) is 67.0 Å². The summed E-state index contributed by atoms with van der Waals surface area (Å²) in [6, 6.07) is 9.83. The number of oxime groups is 1. The molecule has 6 heteroatoms. The second kappa shape index (κ2) is 10.9. The molecule has 2 aliphatic rings. The Kier molecular flexibility index (Phi) is 7.54. The van der Waals surface area contributed by atoms with E-state index in [1.165, 1.54) is 36.8 Å². The summed E-state index contributed by atoms with van der Waals surface area (Å²) < 4.78 is 5.46. The molecule has 6 nitrogen and oxygen atoms in total. The quantitative estimate of drug-likeness (QED) is 0.261. The van der Waals surface area contributed by atoms with Crippen molar-refractivity contribution >= 4 is 11.7 Å². The van der Waals surface area contributed by atoms with Gasteiger partial charge in [0.1, 0.15) is 12.4 Å². The highest BCUT2D eigenvalue weighted by molar-refractivity contribution is 6.00. The molecular weight excluding hydrogens is 404 g/mol. The number of benzene rings is 1. The molecule has 1 aromatic carbocycles. The molecule has 1 saturated carbocycles. The van der Waals surface area contributed by atoms with Crippen LogP contribution in [0.4, 0.5) is 0 Å². The van der Waals surface area contributed by atoms with Crippen LogP contribution < -0.4 is 4.74 Å². The first-order valence-electron chi connectivity index (χ1n) is 11.4. The molecule has 168 valence electrons. The summed E-state index contributed by atoms with van der Waals surface area (Å²) in [6.45, 7) is 0.124. The first-order chi connectivity index (χ1) is 15.7. The van der Waals surface area contributed by atoms with Gasteiger partial charge in [0.15, 0.2) is 6.61 Å². The summed E-state index contributed by atoms with van der Waals surface area (Å²) in [5.41, 5.74) is 5.62. The molecule has 0 amide bonds. The summed E-state index contributed by atoms with van der Waals surface area (Å²) in [7, 11) is 0. The second-order valence-electron chi connectivity index (χ2n) is 8.55. The summed E-state index contributed by atoms with van der Waals surface area (Å²) >= 11 is 0. The number of carbonyl (C=O) groups is 1. The second-order valence-corrected chi connectivity index (χ2v) is 8.55. The Bertz CT molecular complexity index is 979. The number of hydrogen-bond donors (Lipinski definition) is 1. The zero-order valence-electron chi connectivity index (χ0n) is 18.3. The van der Waals surface area contributed by atoms with Crippen LogP contribution in [-0.4, -0.2) is 35.0 Å². The summed E-state index contributed by atoms with van der Waals surface area (Å²) in [5.74, 6) is 0.399. The number of aromatic nitrogens is 1. The predicted octanol–water partition coefficient (Wildman–Crippen LogP) is 4.96. The molecular formula is C26H30N2O4. The van der Waals surface area contributed by atoms with Gasteiger partial charge in [-0.25, -0.2) is 4.79 Å². The monoisotopic (exact) mass is 434 g/mol. The van der Waals surface area contributed by atoms with Gasteiger partial charge in [-0.15, -0.1) is 0 Å². The van der Waals surface area contributed by atoms with Crippen molar-refractivity contribution in [1.29, 1.82) is 0 Å². The van der Waals surface area contributed by atoms with Gasteiger partial charge in [-0.2, -0.15) is 0 Å². The fourth-order valence-corrected chi connectivity index (χ4v) is 4.63. The molecule has 0 unspecified atom stereocenters. The van der Waals surface area contributed by atoms with Crippen LogP contribution in [0, 0.1) is 5.92 Å². The third-order valence-corrected chi connectivity index (χ3v) is 6.27. The number of fused-ring (bicyclic) bond motifs is 1. The van der Waals surface area contributed by atoms with Crippen molar-refractivity contribution in [2.75, 3.05) is 13.2 Å². The maximum atomic E-state index is 10.8. The Balaban J connectivity index is 1.37. The lowest BCUT2D eigenvalue weighted by Crippen LogP contribution is -2.13. The Hall–Kier alpha value is -3.15. The Labute approximate surface area is 189 Å². The number of carboxylic acid groups (broad SMARTS) is 1. The highest BCUT2D eigenvalue weighted by Crippen LogP contribution is 2.32. The standard InChI is InChI=1S/C26H30N2O4/c29-26(30)18-31-25-9-3-7-21-15-20(10-11-23(21)25)12-14-32-28-24(16-19-5-1-2-6-19)22-8-4-13-27-17-22/h3-4,7-9,12-13,17,19H,1-2,5-6,10-11,14-16,18H2,(H,29,30)/b20-12-,28-24-. The normalized spacial score (nSPS) is 17.9. The number of hydrogen-bond acceptors (Lipinski definition) is 5. The lowest BCUT2D eigenvalue weighted by atomic mass is 9.87. The van der Waals surface area contributed by atoms with Crippen LogP contribution in [0.15, 0.2) is 59.5 Å². The fourth-order valence-electron chi connectivity index (χ4n) is 4.63. The molecule has 0 aliphatic heterocycles. The zero-order valence-corrected chi connectivity index (χ0v) is 18.3. The molecule has 1 aromatic heterocycles. The molecule has 0 spiro atoms. The first kappa shape index (κ1) is 22.1. The van der Waals surface area contributed by atoms with Gasteiger partial charge in [0, 0.05) is 18.0 Å². The maximum absolute atomic E-state index is 10.8. The van der Waals surface area contributed by atoms with Gasteiger partial charge in [-0.1, -0.05) is 48.5 Å². The molecule has 0 saturated heterocycles. The lowest BCUT2D eigenvalue weighted by Gasteiger charge is -2.21. The van der Waals surface area contributed by atoms with Gasteiger partial charge >= 0.3 is 5.97 Å². The average Bonchev–Trinajstić information content (AvgIpc) is 3.33. The largest absolute Gasteiger partial charge is 0.482 e. The van der Waals surface area contributed by atoms with Crippen LogP contribution in [0.3, 0.4) is 0 Å². The number of aliphatic carboxylic acids is 1. The molecule has 0 atom stereocenters. The van der Waals surface area contributed by atoms with E-state index >= 15 is 0 Å². The minimum atomic E-state index is -0.963. The number of ether oxygens (including phenoxy) is 1. The van der Waals surface area contributed by atoms with Crippen molar-refractivity contribution in [2.24, 2.45) is 11.1 Å². The molecule has 1 heterocycles. The number of carboxylic acids is 1. The topological polar surface area (TPSA) is 81.0 Å². The van der Waals surface area contributed by atoms with Crippen LogP contribution in [0.2, 0.25) is 0 Å². The van der Waals surface area contributed by atoms with Crippen molar-refractivity contribution < 1.29 is 19.5 Å². The SMILES string of the molecule is O=C(O)COc1cccc2c1CC/C(=C/CO/N=C(/CC1CCCC1)c1cccnc1)C2. The van der Waals surface area contributed by atoms with E-state index in [2.05, 4.69) is 22.3 Å². The van der Waals surface area contributed by atoms with E-state index in [-0.39, 0.29) is 6.61 Å². The Morgan fingerprint density at radius 2 is 2.06 bits per heavy atom. The summed E-state index contributed by atoms with van der Waals surface area (Å²) in [4.78, 5) is 20.8. The third-order valence-electron chi connectivity index (χ3n) is 6.27. The number of rotatable bonds is 9. The van der Waals surface area contributed by atoms with Crippen molar-refractivity contribution in [1.82, 2.24) is 4.98 Å². The molecule has 1 fully saturated rings. The van der Waals surface area contributed by atoms with Crippen LogP contribution >= 0.6 is 0 Å². The van der Waals surface area contributed by atoms with E-state index in [1.807, 2.05) is 30.5 Å². The molecule has 4 rings (SSSR count). The van der Waals surface area contributed by atoms with Gasteiger partial charge < -0.3 is 14.7 Å². The molecule has 0 radical (unpaired) electrons. The van der Waals surface area contributed by atoms with Gasteiger partial charge in [0.2, 0.25) is 0 Å². The van der Waals surface area contributed by atoms with Crippen LogP contribution in [0.5, 0.6) is 5.75 Å². The van der Waals surface area contributed by atoms with E-state index in [4.69, 9.17) is 14.7 Å². The molecule has 0 bridgehead atoms. The van der Waals surface area contributed by atoms with Crippen LogP contribution in [-0.2, 0) is 22.5 Å². The number of allylic oxidation sites excluding steroid dienone is 1. The summed E-state index contributed by atoms with van der Waals surface area (Å²) in [5, 5.41) is 13.4. The van der Waals surface area contributed by atoms with Crippen molar-refractivity contribution in [3.8, 4) is 5.75 Å². The molecule has 2 aliphatic carbocycles. The highest BCUT2D eigenvalue weighted by Gasteiger charge is 2.19. The predicted molar refractivity (Wildman–Crippen MR) is 123 cm³/mol. The van der Waals surface area contributed by atoms with Gasteiger partial charge in [-0.3, -0.25) is 4.98 Å². The van der Waals surface area contributed by atoms with Crippen molar-refractivity contribution in [3.63, 3.8) is 0 Å². The van der Waals surface area contributed by atoms with E-state index in [0.717, 1.165) is 42.5 Å². The Morgan fingerprint density at radius 3 is 2.84 bits per heavy atom. The smallest absolute Gasteiger partial charge is 0.341 e. The minimum absolute atomic E-state index is 0.314. The van der Waals surface area contributed by atoms with Crippen molar-refractivity contribution in [2.45, 2.75) is 51.4 Å². The molecule has 2 aromatic rings. The maximum Gasteiger partial charge on any atom is 0.341 e. The van der Waals surface area contributed by atoms with E-state index in [9.17, 15) is 4.79 Å². The number of pyridine rings is 1. The van der Waals surface area contributed by atoms with Gasteiger partial charge in [0.05, 0.1) is 5.71 Å². The Morgan fingerprint density at radius 1 is 1.19 bits per heavy atom. The fraction of sp³-hybridized carbons (Fsp3) is 0.423. The minimum Gasteiger partial charge on any atom is -0.482 e. The first-order valence-corrected chi connectivity index (χ1v) is 11.4. The third kappa shape index (κ3) is 5.96. The molecule has 32 heavy (non-hydrogen) atoms. The van der Waals surface area contributed by atoms with Crippen LogP contribution in [0.25, 0.3) is 0 Å². The zero-order chi connectivity index (χ0) is 22.2. The molecule has 1 N–H and O–H groups in total. The summed E-state index contributed by atoms with van der Waals surface area (Å²) in [6.07, 6.45) is 14.4. The van der Waals surface area contributed by atoms with Gasteiger partial charge in [0.25, 0.3) is 0 Å². The van der Waals surface area contributed by atoms with E-state index in [0.29, 0.717) is 18.3 Å². The lowest BCUT2D eigenvalue weighted by molar-refractivity contribution is -0.139. The van der Waals surface area contributed by atoms with E-state index in [1.54, 1.807) is 6.20 Å². The van der Waals surface area contributed by atoms with Crippen LogP contribution in [0.1, 0.15) is 55.2 Å². The van der Waals surface area contributed by atoms with Crippen molar-refractivity contribution in [3.05, 3.63) is 71.1 Å². The average molecular weight is 435 g/mol.